The van der Waals surface area contributed by atoms with Gasteiger partial charge in [0.15, 0.2) is 0 Å². The molecule has 0 bridgehead atoms. The summed E-state index contributed by atoms with van der Waals surface area (Å²) < 4.78 is 0. The van der Waals surface area contributed by atoms with Gasteiger partial charge in [-0.1, -0.05) is 91.9 Å². The summed E-state index contributed by atoms with van der Waals surface area (Å²) in [6.07, 6.45) is 3.81. The molecular weight excluding hydrogens is 483 g/mol. The molecule has 2 nitrogen and oxygen atoms in total. The Morgan fingerprint density at radius 2 is 1.16 bits per heavy atom. The Kier molecular flexibility index (Phi) is 9.67. The van der Waals surface area contributed by atoms with Crippen molar-refractivity contribution in [2.75, 3.05) is 0 Å². The van der Waals surface area contributed by atoms with E-state index in [0.29, 0.717) is 25.0 Å². The number of ketones is 1. The maximum absolute atomic E-state index is 13.5. The lowest BCUT2D eigenvalue weighted by Crippen LogP contribution is -2.47. The largest absolute Gasteiger partial charge is 0.388 e. The standard InChI is InChI=1S/C35H40O2P/c1-3-17-30(36)28-35(2,27-16-26-34(37)29-18-8-4-9-19-29)38(31-20-10-5-11-21-31,32-22-12-6-13-23-32)33-24-14-7-15-25-33/h4-15,18-25,34,37H,3,16-17,26-28H2,1-2H3/q+1. The van der Waals surface area contributed by atoms with E-state index in [1.165, 1.54) is 15.9 Å². The van der Waals surface area contributed by atoms with Gasteiger partial charge in [0.2, 0.25) is 0 Å². The topological polar surface area (TPSA) is 37.3 Å². The van der Waals surface area contributed by atoms with Gasteiger partial charge in [-0.3, -0.25) is 4.79 Å². The monoisotopic (exact) mass is 523 g/mol. The van der Waals surface area contributed by atoms with Crippen molar-refractivity contribution in [1.82, 2.24) is 0 Å². The minimum atomic E-state index is -2.29. The normalized spacial score (nSPS) is 14.0. The molecule has 1 N–H and O–H groups in total. The molecule has 0 saturated carbocycles. The van der Waals surface area contributed by atoms with Crippen LogP contribution in [-0.4, -0.2) is 16.0 Å². The third-order valence-corrected chi connectivity index (χ3v) is 12.9. The highest BCUT2D eigenvalue weighted by molar-refractivity contribution is 7.96. The smallest absolute Gasteiger partial charge is 0.137 e. The van der Waals surface area contributed by atoms with Crippen LogP contribution in [0.4, 0.5) is 0 Å². The lowest BCUT2D eigenvalue weighted by Gasteiger charge is -2.43. The van der Waals surface area contributed by atoms with E-state index in [1.807, 2.05) is 30.3 Å². The Morgan fingerprint density at radius 3 is 1.58 bits per heavy atom. The zero-order valence-electron chi connectivity index (χ0n) is 22.7. The van der Waals surface area contributed by atoms with Gasteiger partial charge in [0, 0.05) is 12.8 Å². The molecule has 0 spiro atoms. The van der Waals surface area contributed by atoms with Gasteiger partial charge in [-0.25, -0.2) is 0 Å². The van der Waals surface area contributed by atoms with Crippen LogP contribution in [-0.2, 0) is 4.79 Å². The average molecular weight is 524 g/mol. The maximum Gasteiger partial charge on any atom is 0.137 e. The minimum absolute atomic E-state index is 0.320. The lowest BCUT2D eigenvalue weighted by atomic mass is 9.93. The first-order valence-electron chi connectivity index (χ1n) is 13.8. The second-order valence-electron chi connectivity index (χ2n) is 10.5. The van der Waals surface area contributed by atoms with Gasteiger partial charge in [-0.2, -0.15) is 0 Å². The number of aliphatic hydroxyl groups is 1. The summed E-state index contributed by atoms with van der Waals surface area (Å²) in [6.45, 7) is 4.43. The Labute approximate surface area is 229 Å². The predicted octanol–water partition coefficient (Wildman–Crippen LogP) is 7.40. The SMILES string of the molecule is CCCC(=O)CC(C)(CCCC(O)c1ccccc1)[P+](c1ccccc1)(c1ccccc1)c1ccccc1. The van der Waals surface area contributed by atoms with Crippen LogP contribution < -0.4 is 15.9 Å². The molecule has 0 aromatic heterocycles. The molecule has 2 atom stereocenters. The van der Waals surface area contributed by atoms with E-state index in [9.17, 15) is 9.90 Å². The summed E-state index contributed by atoms with van der Waals surface area (Å²) in [7, 11) is -2.29. The summed E-state index contributed by atoms with van der Waals surface area (Å²) >= 11 is 0. The fourth-order valence-corrected chi connectivity index (χ4v) is 11.6. The number of carbonyl (C=O) groups is 1. The first-order valence-corrected chi connectivity index (χ1v) is 15.6. The van der Waals surface area contributed by atoms with Crippen LogP contribution in [0, 0.1) is 0 Å². The lowest BCUT2D eigenvalue weighted by molar-refractivity contribution is -0.119. The Morgan fingerprint density at radius 1 is 0.737 bits per heavy atom. The van der Waals surface area contributed by atoms with E-state index in [-0.39, 0.29) is 5.16 Å². The van der Waals surface area contributed by atoms with Crippen molar-refractivity contribution >= 4 is 29.0 Å². The molecule has 3 heteroatoms. The van der Waals surface area contributed by atoms with Gasteiger partial charge in [0.05, 0.1) is 11.3 Å². The molecule has 0 aliphatic rings. The third kappa shape index (κ3) is 5.98. The highest BCUT2D eigenvalue weighted by Gasteiger charge is 2.60. The summed E-state index contributed by atoms with van der Waals surface area (Å²) in [6, 6.07) is 42.5. The van der Waals surface area contributed by atoms with Gasteiger partial charge >= 0.3 is 0 Å². The van der Waals surface area contributed by atoms with Crippen molar-refractivity contribution in [3.63, 3.8) is 0 Å². The number of rotatable bonds is 13. The fourth-order valence-electron chi connectivity index (χ4n) is 6.02. The highest BCUT2D eigenvalue weighted by atomic mass is 31.2. The van der Waals surface area contributed by atoms with Crippen molar-refractivity contribution < 1.29 is 9.90 Å². The molecule has 0 fully saturated rings. The predicted molar refractivity (Wildman–Crippen MR) is 163 cm³/mol. The second kappa shape index (κ2) is 13.1. The summed E-state index contributed by atoms with van der Waals surface area (Å²) in [5.74, 6) is 0.325. The molecule has 0 saturated heterocycles. The molecular formula is C35H40O2P+. The van der Waals surface area contributed by atoms with Crippen molar-refractivity contribution in [1.29, 1.82) is 0 Å². The number of benzene rings is 4. The quantitative estimate of drug-likeness (QED) is 0.185. The van der Waals surface area contributed by atoms with Crippen LogP contribution >= 0.6 is 7.26 Å². The zero-order valence-corrected chi connectivity index (χ0v) is 23.6. The molecule has 0 heterocycles. The van der Waals surface area contributed by atoms with Crippen LogP contribution in [0.3, 0.4) is 0 Å². The molecule has 4 rings (SSSR count). The van der Waals surface area contributed by atoms with Gasteiger partial charge in [0.1, 0.15) is 29.0 Å². The van der Waals surface area contributed by atoms with Gasteiger partial charge in [0.25, 0.3) is 0 Å². The molecule has 0 radical (unpaired) electrons. The van der Waals surface area contributed by atoms with Gasteiger partial charge in [-0.15, -0.1) is 0 Å². The van der Waals surface area contributed by atoms with E-state index in [0.717, 1.165) is 24.8 Å². The van der Waals surface area contributed by atoms with E-state index in [4.69, 9.17) is 0 Å². The number of carbonyl (C=O) groups excluding carboxylic acids is 1. The van der Waals surface area contributed by atoms with Crippen molar-refractivity contribution in [2.45, 2.75) is 63.6 Å². The third-order valence-electron chi connectivity index (χ3n) is 7.72. The minimum Gasteiger partial charge on any atom is -0.388 e. The summed E-state index contributed by atoms with van der Waals surface area (Å²) in [5, 5.41) is 14.6. The first-order chi connectivity index (χ1) is 18.5. The van der Waals surface area contributed by atoms with Crippen LogP contribution in [0.15, 0.2) is 121 Å². The number of aliphatic hydroxyl groups excluding tert-OH is 1. The van der Waals surface area contributed by atoms with Gasteiger partial charge in [-0.05, 0) is 74.6 Å². The Balaban J connectivity index is 1.86. The summed E-state index contributed by atoms with van der Waals surface area (Å²) in [4.78, 5) is 13.5. The number of Topliss-reactive ketones (excluding diaryl/α,β-unsaturated/α-hetero) is 1. The Hall–Kier alpha value is -3.06. The molecule has 0 aliphatic heterocycles. The van der Waals surface area contributed by atoms with Crippen molar-refractivity contribution in [3.8, 4) is 0 Å². The summed E-state index contributed by atoms with van der Waals surface area (Å²) in [5.41, 5.74) is 0.950. The van der Waals surface area contributed by atoms with E-state index < -0.39 is 13.4 Å². The van der Waals surface area contributed by atoms with E-state index in [1.54, 1.807) is 0 Å². The molecule has 38 heavy (non-hydrogen) atoms. The number of hydrogen-bond acceptors (Lipinski definition) is 2. The first kappa shape index (κ1) is 28.0. The molecule has 4 aromatic rings. The molecule has 196 valence electrons. The molecule has 0 aliphatic carbocycles. The number of hydrogen-bond donors (Lipinski definition) is 1. The van der Waals surface area contributed by atoms with Crippen LogP contribution in [0.2, 0.25) is 0 Å². The zero-order chi connectivity index (χ0) is 26.8. The highest BCUT2D eigenvalue weighted by Crippen LogP contribution is 2.68. The van der Waals surface area contributed by atoms with Crippen molar-refractivity contribution in [2.24, 2.45) is 0 Å². The average Bonchev–Trinajstić information content (AvgIpc) is 2.95. The fraction of sp³-hybridized carbons (Fsp3) is 0.286. The van der Waals surface area contributed by atoms with Crippen LogP contribution in [0.5, 0.6) is 0 Å². The van der Waals surface area contributed by atoms with Gasteiger partial charge < -0.3 is 5.11 Å². The molecule has 4 aromatic carbocycles. The van der Waals surface area contributed by atoms with Crippen LogP contribution in [0.1, 0.15) is 64.0 Å². The molecule has 2 unspecified atom stereocenters. The molecule has 0 amide bonds. The van der Waals surface area contributed by atoms with Crippen LogP contribution in [0.25, 0.3) is 0 Å². The van der Waals surface area contributed by atoms with E-state index >= 15 is 0 Å². The second-order valence-corrected chi connectivity index (χ2v) is 14.4. The maximum atomic E-state index is 13.5. The Bertz CT molecular complexity index is 1160. The van der Waals surface area contributed by atoms with Crippen molar-refractivity contribution in [3.05, 3.63) is 127 Å². The van der Waals surface area contributed by atoms with E-state index in [2.05, 4.69) is 105 Å².